The first-order valence-electron chi connectivity index (χ1n) is 12.9. The second-order valence-electron chi connectivity index (χ2n) is 9.98. The fourth-order valence-corrected chi connectivity index (χ4v) is 5.76. The molecule has 0 bridgehead atoms. The number of likely N-dealkylation sites (N-methyl/N-ethyl adjacent to an activating group) is 1. The Morgan fingerprint density at radius 2 is 1.92 bits per heavy atom. The molecule has 1 saturated heterocycles. The number of pyridine rings is 1. The minimum absolute atomic E-state index is 0.220. The van der Waals surface area contributed by atoms with Crippen LogP contribution in [0.15, 0.2) is 30.5 Å². The molecule has 2 amide bonds. The molecule has 2 unspecified atom stereocenters. The molecule has 194 valence electrons. The van der Waals surface area contributed by atoms with Gasteiger partial charge in [-0.25, -0.2) is 9.78 Å². The summed E-state index contributed by atoms with van der Waals surface area (Å²) < 4.78 is 5.11. The van der Waals surface area contributed by atoms with Gasteiger partial charge in [0.1, 0.15) is 11.9 Å². The summed E-state index contributed by atoms with van der Waals surface area (Å²) in [5.74, 6) is -0.440. The van der Waals surface area contributed by atoms with E-state index in [2.05, 4.69) is 15.6 Å². The Bertz CT molecular complexity index is 1120. The number of likely N-dealkylation sites (tertiary alicyclic amines) is 1. The van der Waals surface area contributed by atoms with Crippen LogP contribution in [0, 0.1) is 5.92 Å². The average Bonchev–Trinajstić information content (AvgIpc) is 3.40. The van der Waals surface area contributed by atoms with Gasteiger partial charge in [0, 0.05) is 24.7 Å². The maximum atomic E-state index is 13.9. The number of benzene rings is 1. The summed E-state index contributed by atoms with van der Waals surface area (Å²) in [6.45, 7) is 0.760. The molecule has 2 aromatic rings. The molecule has 1 aliphatic carbocycles. The fourth-order valence-electron chi connectivity index (χ4n) is 5.76. The van der Waals surface area contributed by atoms with Crippen molar-refractivity contribution in [3.05, 3.63) is 36.0 Å². The number of methoxy groups -OCH3 is 1. The predicted molar refractivity (Wildman–Crippen MR) is 138 cm³/mol. The van der Waals surface area contributed by atoms with Crippen LogP contribution >= 0.6 is 0 Å². The molecule has 2 fully saturated rings. The standard InChI is InChI=1S/C27H37N5O4/c1-29-27(26(35)36-2,16-18-7-4-3-5-8-18)25(34)32-14-6-9-22(32)24(33)31-17-19-10-11-21-20(15-19)12-13-30-23(21)28/h10-13,15,18,22,29H,3-9,14,16-17H2,1-2H3,(H2,28,30)(H,31,33). The van der Waals surface area contributed by atoms with Crippen molar-refractivity contribution in [3.8, 4) is 0 Å². The zero-order valence-corrected chi connectivity index (χ0v) is 21.2. The number of fused-ring (bicyclic) bond motifs is 1. The Hall–Kier alpha value is -3.20. The second-order valence-corrected chi connectivity index (χ2v) is 9.98. The van der Waals surface area contributed by atoms with Gasteiger partial charge < -0.3 is 20.7 Å². The molecule has 36 heavy (non-hydrogen) atoms. The first-order valence-corrected chi connectivity index (χ1v) is 12.9. The van der Waals surface area contributed by atoms with Gasteiger partial charge in [-0.15, -0.1) is 0 Å². The van der Waals surface area contributed by atoms with E-state index in [1.807, 2.05) is 24.3 Å². The number of nitrogens with two attached hydrogens (primary N) is 1. The summed E-state index contributed by atoms with van der Waals surface area (Å²) >= 11 is 0. The molecule has 4 N–H and O–H groups in total. The SMILES string of the molecule is CNC(CC1CCCCC1)(C(=O)OC)C(=O)N1CCCC1C(=O)NCc1ccc2c(N)nccc2c1. The average molecular weight is 496 g/mol. The van der Waals surface area contributed by atoms with Gasteiger partial charge in [0.15, 0.2) is 5.54 Å². The number of esters is 1. The lowest BCUT2D eigenvalue weighted by Crippen LogP contribution is -2.64. The van der Waals surface area contributed by atoms with E-state index in [1.165, 1.54) is 13.5 Å². The van der Waals surface area contributed by atoms with E-state index in [0.29, 0.717) is 38.2 Å². The Morgan fingerprint density at radius 1 is 1.14 bits per heavy atom. The van der Waals surface area contributed by atoms with Gasteiger partial charge in [0.25, 0.3) is 5.91 Å². The zero-order chi connectivity index (χ0) is 25.7. The van der Waals surface area contributed by atoms with Gasteiger partial charge in [-0.1, -0.05) is 44.2 Å². The molecule has 9 nitrogen and oxygen atoms in total. The molecule has 4 rings (SSSR count). The first kappa shape index (κ1) is 25.9. The van der Waals surface area contributed by atoms with Crippen molar-refractivity contribution in [2.45, 2.75) is 69.5 Å². The smallest absolute Gasteiger partial charge is 0.335 e. The third-order valence-corrected chi connectivity index (χ3v) is 7.79. The molecule has 0 spiro atoms. The molecular formula is C27H37N5O4. The number of nitrogen functional groups attached to an aromatic ring is 1. The molecule has 1 saturated carbocycles. The number of carbonyl (C=O) groups is 3. The summed E-state index contributed by atoms with van der Waals surface area (Å²) in [6, 6.07) is 7.03. The van der Waals surface area contributed by atoms with Crippen LogP contribution in [-0.2, 0) is 25.7 Å². The zero-order valence-electron chi connectivity index (χ0n) is 21.2. The van der Waals surface area contributed by atoms with E-state index < -0.39 is 17.6 Å². The largest absolute Gasteiger partial charge is 0.467 e. The van der Waals surface area contributed by atoms with E-state index in [9.17, 15) is 14.4 Å². The van der Waals surface area contributed by atoms with Crippen LogP contribution in [0.1, 0.15) is 56.9 Å². The lowest BCUT2D eigenvalue weighted by molar-refractivity contribution is -0.160. The summed E-state index contributed by atoms with van der Waals surface area (Å²) in [4.78, 5) is 45.8. The number of hydrogen-bond acceptors (Lipinski definition) is 7. The lowest BCUT2D eigenvalue weighted by atomic mass is 9.78. The van der Waals surface area contributed by atoms with Crippen LogP contribution in [0.3, 0.4) is 0 Å². The highest BCUT2D eigenvalue weighted by molar-refractivity contribution is 6.08. The normalized spacial score (nSPS) is 20.2. The van der Waals surface area contributed by atoms with E-state index in [4.69, 9.17) is 10.5 Å². The summed E-state index contributed by atoms with van der Waals surface area (Å²) in [7, 11) is 2.94. The summed E-state index contributed by atoms with van der Waals surface area (Å²) in [6.07, 6.45) is 8.68. The Balaban J connectivity index is 1.48. The van der Waals surface area contributed by atoms with Gasteiger partial charge in [-0.05, 0) is 55.3 Å². The molecule has 2 aliphatic rings. The number of ether oxygens (including phenoxy) is 1. The molecule has 1 aromatic carbocycles. The summed E-state index contributed by atoms with van der Waals surface area (Å²) in [5.41, 5.74) is 5.38. The van der Waals surface area contributed by atoms with Crippen LogP contribution in [0.2, 0.25) is 0 Å². The van der Waals surface area contributed by atoms with Crippen LogP contribution in [0.25, 0.3) is 10.8 Å². The minimum atomic E-state index is -1.48. The third-order valence-electron chi connectivity index (χ3n) is 7.79. The number of rotatable bonds is 8. The molecule has 0 radical (unpaired) electrons. The lowest BCUT2D eigenvalue weighted by Gasteiger charge is -2.38. The number of aromatic nitrogens is 1. The van der Waals surface area contributed by atoms with Gasteiger partial charge in [-0.2, -0.15) is 0 Å². The topological polar surface area (TPSA) is 127 Å². The summed E-state index contributed by atoms with van der Waals surface area (Å²) in [5, 5.41) is 7.81. The fraction of sp³-hybridized carbons (Fsp3) is 0.556. The monoisotopic (exact) mass is 495 g/mol. The van der Waals surface area contributed by atoms with Crippen LogP contribution < -0.4 is 16.4 Å². The van der Waals surface area contributed by atoms with Crippen molar-refractivity contribution in [3.63, 3.8) is 0 Å². The maximum absolute atomic E-state index is 13.9. The number of anilines is 1. The van der Waals surface area contributed by atoms with Crippen molar-refractivity contribution in [1.29, 1.82) is 0 Å². The highest BCUT2D eigenvalue weighted by Gasteiger charge is 2.52. The molecule has 1 aromatic heterocycles. The number of nitrogens with zero attached hydrogens (tertiary/aromatic N) is 2. The van der Waals surface area contributed by atoms with Crippen molar-refractivity contribution in [2.24, 2.45) is 5.92 Å². The van der Waals surface area contributed by atoms with Gasteiger partial charge in [0.05, 0.1) is 7.11 Å². The van der Waals surface area contributed by atoms with Crippen LogP contribution in [-0.4, -0.2) is 60.0 Å². The maximum Gasteiger partial charge on any atom is 0.335 e. The Morgan fingerprint density at radius 3 is 2.64 bits per heavy atom. The van der Waals surface area contributed by atoms with E-state index in [1.54, 1.807) is 18.1 Å². The minimum Gasteiger partial charge on any atom is -0.467 e. The number of hydrogen-bond donors (Lipinski definition) is 3. The number of carbonyl (C=O) groups excluding carboxylic acids is 3. The second kappa shape index (κ2) is 11.2. The van der Waals surface area contributed by atoms with Gasteiger partial charge in [0.2, 0.25) is 5.91 Å². The Labute approximate surface area is 212 Å². The van der Waals surface area contributed by atoms with Crippen molar-refractivity contribution in [1.82, 2.24) is 20.5 Å². The highest BCUT2D eigenvalue weighted by atomic mass is 16.5. The molecular weight excluding hydrogens is 458 g/mol. The van der Waals surface area contributed by atoms with Crippen molar-refractivity contribution < 1.29 is 19.1 Å². The number of nitrogens with one attached hydrogen (secondary N) is 2. The van der Waals surface area contributed by atoms with Gasteiger partial charge in [-0.3, -0.25) is 14.9 Å². The molecule has 2 atom stereocenters. The third kappa shape index (κ3) is 5.16. The van der Waals surface area contributed by atoms with Crippen LogP contribution in [0.4, 0.5) is 5.82 Å². The first-order chi connectivity index (χ1) is 17.4. The molecule has 1 aliphatic heterocycles. The highest BCUT2D eigenvalue weighted by Crippen LogP contribution is 2.34. The quantitative estimate of drug-likeness (QED) is 0.379. The van der Waals surface area contributed by atoms with Crippen molar-refractivity contribution >= 4 is 34.4 Å². The van der Waals surface area contributed by atoms with Gasteiger partial charge >= 0.3 is 5.97 Å². The molecule has 2 heterocycles. The predicted octanol–water partition coefficient (Wildman–Crippen LogP) is 2.53. The van der Waals surface area contributed by atoms with E-state index >= 15 is 0 Å². The molecule has 9 heteroatoms. The van der Waals surface area contributed by atoms with Crippen LogP contribution in [0.5, 0.6) is 0 Å². The van der Waals surface area contributed by atoms with Crippen molar-refractivity contribution in [2.75, 3.05) is 26.4 Å². The number of amides is 2. The van der Waals surface area contributed by atoms with E-state index in [-0.39, 0.29) is 17.7 Å². The van der Waals surface area contributed by atoms with E-state index in [0.717, 1.165) is 42.0 Å². The Kier molecular flexibility index (Phi) is 8.08.